The minimum absolute atomic E-state index is 0.243. The fraction of sp³-hybridized carbons (Fsp3) is 1.00. The van der Waals surface area contributed by atoms with Crippen LogP contribution in [0.5, 0.6) is 0 Å². The molecule has 2 fully saturated rings. The molecular formula is C11H21ClN2O. The van der Waals surface area contributed by atoms with Crippen molar-refractivity contribution in [2.24, 2.45) is 0 Å². The average Bonchev–Trinajstić information content (AvgIpc) is 2.65. The third kappa shape index (κ3) is 3.06. The van der Waals surface area contributed by atoms with Crippen LogP contribution in [0.3, 0.4) is 0 Å². The van der Waals surface area contributed by atoms with Crippen molar-refractivity contribution in [1.29, 1.82) is 0 Å². The molecule has 0 amide bonds. The fourth-order valence-corrected chi connectivity index (χ4v) is 2.73. The van der Waals surface area contributed by atoms with Gasteiger partial charge in [0.15, 0.2) is 0 Å². The largest absolute Gasteiger partial charge is 0.374 e. The van der Waals surface area contributed by atoms with Crippen molar-refractivity contribution < 1.29 is 4.74 Å². The molecule has 88 valence electrons. The molecule has 15 heavy (non-hydrogen) atoms. The Morgan fingerprint density at radius 2 is 2.27 bits per heavy atom. The molecule has 2 aliphatic rings. The summed E-state index contributed by atoms with van der Waals surface area (Å²) < 4.78 is 5.56. The SMILES string of the molecule is CN1CCCC1CN1CCOC(CCl)C1. The molecule has 0 aromatic carbocycles. The van der Waals surface area contributed by atoms with Gasteiger partial charge in [-0.3, -0.25) is 4.90 Å². The van der Waals surface area contributed by atoms with Crippen LogP contribution in [-0.4, -0.2) is 67.7 Å². The van der Waals surface area contributed by atoms with Gasteiger partial charge in [0, 0.05) is 31.6 Å². The number of nitrogens with zero attached hydrogens (tertiary/aromatic N) is 2. The zero-order chi connectivity index (χ0) is 10.7. The third-order valence-corrected chi connectivity index (χ3v) is 3.88. The number of hydrogen-bond donors (Lipinski definition) is 0. The van der Waals surface area contributed by atoms with E-state index >= 15 is 0 Å². The Hall–Kier alpha value is 0.170. The van der Waals surface area contributed by atoms with Gasteiger partial charge >= 0.3 is 0 Å². The van der Waals surface area contributed by atoms with Crippen molar-refractivity contribution >= 4 is 11.6 Å². The molecule has 0 spiro atoms. The van der Waals surface area contributed by atoms with Gasteiger partial charge in [-0.25, -0.2) is 0 Å². The monoisotopic (exact) mass is 232 g/mol. The third-order valence-electron chi connectivity index (χ3n) is 3.54. The molecule has 2 heterocycles. The molecule has 0 aromatic heterocycles. The molecule has 0 aromatic rings. The molecular weight excluding hydrogens is 212 g/mol. The van der Waals surface area contributed by atoms with E-state index < -0.39 is 0 Å². The second kappa shape index (κ2) is 5.48. The molecule has 0 saturated carbocycles. The van der Waals surface area contributed by atoms with E-state index in [0.717, 1.165) is 25.7 Å². The van der Waals surface area contributed by atoms with Gasteiger partial charge in [-0.15, -0.1) is 11.6 Å². The topological polar surface area (TPSA) is 15.7 Å². The summed E-state index contributed by atoms with van der Waals surface area (Å²) in [5.74, 6) is 0.622. The second-order valence-electron chi connectivity index (χ2n) is 4.68. The summed E-state index contributed by atoms with van der Waals surface area (Å²) >= 11 is 5.83. The van der Waals surface area contributed by atoms with E-state index in [1.807, 2.05) is 0 Å². The molecule has 0 bridgehead atoms. The second-order valence-corrected chi connectivity index (χ2v) is 4.99. The van der Waals surface area contributed by atoms with Crippen molar-refractivity contribution in [3.63, 3.8) is 0 Å². The van der Waals surface area contributed by atoms with Crippen LogP contribution in [0.1, 0.15) is 12.8 Å². The summed E-state index contributed by atoms with van der Waals surface area (Å²) in [6.45, 7) is 5.36. The molecule has 2 unspecified atom stereocenters. The number of morpholine rings is 1. The molecule has 2 aliphatic heterocycles. The van der Waals surface area contributed by atoms with Gasteiger partial charge in [-0.1, -0.05) is 0 Å². The first-order chi connectivity index (χ1) is 7.29. The highest BCUT2D eigenvalue weighted by molar-refractivity contribution is 6.18. The molecule has 2 atom stereocenters. The average molecular weight is 233 g/mol. The number of hydrogen-bond acceptors (Lipinski definition) is 3. The van der Waals surface area contributed by atoms with Crippen LogP contribution in [0, 0.1) is 0 Å². The maximum absolute atomic E-state index is 5.83. The van der Waals surface area contributed by atoms with E-state index in [-0.39, 0.29) is 6.10 Å². The summed E-state index contributed by atoms with van der Waals surface area (Å²) in [6, 6.07) is 0.749. The van der Waals surface area contributed by atoms with Crippen LogP contribution >= 0.6 is 11.6 Å². The van der Waals surface area contributed by atoms with Crippen molar-refractivity contribution in [3.05, 3.63) is 0 Å². The molecule has 4 heteroatoms. The standard InChI is InChI=1S/C11H21ClN2O/c1-13-4-2-3-10(13)8-14-5-6-15-11(7-12)9-14/h10-11H,2-9H2,1H3. The van der Waals surface area contributed by atoms with Crippen LogP contribution in [-0.2, 0) is 4.74 Å². The van der Waals surface area contributed by atoms with Gasteiger partial charge in [0.05, 0.1) is 12.7 Å². The van der Waals surface area contributed by atoms with E-state index in [4.69, 9.17) is 16.3 Å². The highest BCUT2D eigenvalue weighted by Crippen LogP contribution is 2.17. The predicted octanol–water partition coefficient (Wildman–Crippen LogP) is 1.02. The summed E-state index contributed by atoms with van der Waals surface area (Å²) in [4.78, 5) is 4.98. The molecule has 2 rings (SSSR count). The van der Waals surface area contributed by atoms with E-state index in [2.05, 4.69) is 16.8 Å². The fourth-order valence-electron chi connectivity index (χ4n) is 2.55. The first-order valence-corrected chi connectivity index (χ1v) is 6.43. The molecule has 2 saturated heterocycles. The van der Waals surface area contributed by atoms with E-state index in [9.17, 15) is 0 Å². The number of halogens is 1. The molecule has 0 N–H and O–H groups in total. The zero-order valence-electron chi connectivity index (χ0n) is 9.49. The van der Waals surface area contributed by atoms with Crippen molar-refractivity contribution in [3.8, 4) is 0 Å². The lowest BCUT2D eigenvalue weighted by Gasteiger charge is -2.35. The van der Waals surface area contributed by atoms with Gasteiger partial charge in [0.2, 0.25) is 0 Å². The van der Waals surface area contributed by atoms with Gasteiger partial charge in [-0.05, 0) is 26.4 Å². The number of alkyl halides is 1. The van der Waals surface area contributed by atoms with Crippen LogP contribution in [0.25, 0.3) is 0 Å². The number of likely N-dealkylation sites (tertiary alicyclic amines) is 1. The quantitative estimate of drug-likeness (QED) is 0.676. The number of rotatable bonds is 3. The minimum Gasteiger partial charge on any atom is -0.374 e. The van der Waals surface area contributed by atoms with E-state index in [0.29, 0.717) is 5.88 Å². The Labute approximate surface area is 97.3 Å². The van der Waals surface area contributed by atoms with Gasteiger partial charge < -0.3 is 9.64 Å². The predicted molar refractivity (Wildman–Crippen MR) is 62.6 cm³/mol. The summed E-state index contributed by atoms with van der Waals surface area (Å²) in [7, 11) is 2.23. The Bertz CT molecular complexity index is 203. The maximum atomic E-state index is 5.83. The van der Waals surface area contributed by atoms with Crippen molar-refractivity contribution in [2.75, 3.05) is 45.7 Å². The maximum Gasteiger partial charge on any atom is 0.0837 e. The first-order valence-electron chi connectivity index (χ1n) is 5.89. The summed E-state index contributed by atoms with van der Waals surface area (Å²) in [5.41, 5.74) is 0. The lowest BCUT2D eigenvalue weighted by Crippen LogP contribution is -2.48. The van der Waals surface area contributed by atoms with Crippen molar-refractivity contribution in [1.82, 2.24) is 9.80 Å². The Morgan fingerprint density at radius 1 is 1.40 bits per heavy atom. The minimum atomic E-state index is 0.243. The van der Waals surface area contributed by atoms with Crippen LogP contribution in [0.15, 0.2) is 0 Å². The van der Waals surface area contributed by atoms with Crippen LogP contribution in [0.2, 0.25) is 0 Å². The Kier molecular flexibility index (Phi) is 4.26. The first kappa shape index (κ1) is 11.6. The normalized spacial score (nSPS) is 34.8. The molecule has 0 aliphatic carbocycles. The summed E-state index contributed by atoms with van der Waals surface area (Å²) in [6.07, 6.45) is 2.94. The number of ether oxygens (including phenoxy) is 1. The highest BCUT2D eigenvalue weighted by Gasteiger charge is 2.26. The summed E-state index contributed by atoms with van der Waals surface area (Å²) in [5, 5.41) is 0. The zero-order valence-corrected chi connectivity index (χ0v) is 10.2. The van der Waals surface area contributed by atoms with Crippen molar-refractivity contribution in [2.45, 2.75) is 25.0 Å². The molecule has 3 nitrogen and oxygen atoms in total. The van der Waals surface area contributed by atoms with Crippen LogP contribution in [0.4, 0.5) is 0 Å². The molecule has 0 radical (unpaired) electrons. The smallest absolute Gasteiger partial charge is 0.0837 e. The highest BCUT2D eigenvalue weighted by atomic mass is 35.5. The lowest BCUT2D eigenvalue weighted by molar-refractivity contribution is -0.0221. The van der Waals surface area contributed by atoms with Crippen LogP contribution < -0.4 is 0 Å². The van der Waals surface area contributed by atoms with Gasteiger partial charge in [-0.2, -0.15) is 0 Å². The van der Waals surface area contributed by atoms with E-state index in [1.54, 1.807) is 0 Å². The number of likely N-dealkylation sites (N-methyl/N-ethyl adjacent to an activating group) is 1. The van der Waals surface area contributed by atoms with E-state index in [1.165, 1.54) is 25.9 Å². The van der Waals surface area contributed by atoms with Gasteiger partial charge in [0.25, 0.3) is 0 Å². The lowest BCUT2D eigenvalue weighted by atomic mass is 10.2. The Balaban J connectivity index is 1.78. The van der Waals surface area contributed by atoms with Gasteiger partial charge in [0.1, 0.15) is 0 Å². The Morgan fingerprint density at radius 3 is 2.93 bits per heavy atom.